The molecular formula is C15H29NO. The van der Waals surface area contributed by atoms with Crippen LogP contribution >= 0.6 is 0 Å². The summed E-state index contributed by atoms with van der Waals surface area (Å²) in [5, 5.41) is 14.2. The average molecular weight is 239 g/mol. The van der Waals surface area contributed by atoms with Crippen LogP contribution < -0.4 is 5.32 Å². The highest BCUT2D eigenvalue weighted by molar-refractivity contribution is 4.89. The van der Waals surface area contributed by atoms with Gasteiger partial charge >= 0.3 is 0 Å². The lowest BCUT2D eigenvalue weighted by molar-refractivity contribution is -0.0159. The third-order valence-corrected chi connectivity index (χ3v) is 4.87. The summed E-state index contributed by atoms with van der Waals surface area (Å²) in [6.07, 6.45) is 9.87. The second kappa shape index (κ2) is 5.71. The average Bonchev–Trinajstić information content (AvgIpc) is 2.28. The molecule has 100 valence electrons. The first kappa shape index (κ1) is 13.4. The van der Waals surface area contributed by atoms with Crippen molar-refractivity contribution in [1.29, 1.82) is 0 Å². The van der Waals surface area contributed by atoms with E-state index in [2.05, 4.69) is 19.2 Å². The second-order valence-corrected chi connectivity index (χ2v) is 6.68. The highest BCUT2D eigenvalue weighted by atomic mass is 16.3. The molecule has 0 aromatic heterocycles. The second-order valence-electron chi connectivity index (χ2n) is 6.68. The fourth-order valence-corrected chi connectivity index (χ4v) is 3.73. The summed E-state index contributed by atoms with van der Waals surface area (Å²) in [4.78, 5) is 0. The zero-order valence-electron chi connectivity index (χ0n) is 11.5. The minimum absolute atomic E-state index is 0.422. The van der Waals surface area contributed by atoms with E-state index in [0.29, 0.717) is 12.0 Å². The molecule has 0 aromatic rings. The van der Waals surface area contributed by atoms with Crippen molar-refractivity contribution in [3.63, 3.8) is 0 Å². The van der Waals surface area contributed by atoms with Crippen LogP contribution in [0.25, 0.3) is 0 Å². The Morgan fingerprint density at radius 3 is 2.59 bits per heavy atom. The molecule has 2 saturated carbocycles. The number of nitrogens with one attached hydrogen (secondary N) is 1. The first-order valence-electron chi connectivity index (χ1n) is 7.55. The van der Waals surface area contributed by atoms with Gasteiger partial charge in [-0.15, -0.1) is 0 Å². The molecule has 2 rings (SSSR count). The summed E-state index contributed by atoms with van der Waals surface area (Å²) in [6.45, 7) is 5.43. The van der Waals surface area contributed by atoms with E-state index in [-0.39, 0.29) is 0 Å². The maximum absolute atomic E-state index is 10.6. The van der Waals surface area contributed by atoms with Crippen molar-refractivity contribution >= 4 is 0 Å². The third kappa shape index (κ3) is 3.69. The van der Waals surface area contributed by atoms with Gasteiger partial charge in [0.05, 0.1) is 5.60 Å². The van der Waals surface area contributed by atoms with Gasteiger partial charge in [-0.05, 0) is 37.5 Å². The predicted molar refractivity (Wildman–Crippen MR) is 72.0 cm³/mol. The lowest BCUT2D eigenvalue weighted by Crippen LogP contribution is -2.49. The van der Waals surface area contributed by atoms with Gasteiger partial charge in [-0.25, -0.2) is 0 Å². The SMILES string of the molecule is CC1CCCC(O)(CNC2CCCCC2C)C1. The molecule has 2 heteroatoms. The number of aliphatic hydroxyl groups is 1. The topological polar surface area (TPSA) is 32.3 Å². The molecule has 2 aliphatic rings. The predicted octanol–water partition coefficient (Wildman–Crippen LogP) is 3.10. The van der Waals surface area contributed by atoms with Crippen LogP contribution in [0.5, 0.6) is 0 Å². The Bertz CT molecular complexity index is 243. The molecule has 2 N–H and O–H groups in total. The Morgan fingerprint density at radius 2 is 1.88 bits per heavy atom. The molecule has 4 unspecified atom stereocenters. The van der Waals surface area contributed by atoms with Gasteiger partial charge in [-0.1, -0.05) is 39.5 Å². The summed E-state index contributed by atoms with van der Waals surface area (Å²) in [6, 6.07) is 0.644. The molecule has 0 aromatic carbocycles. The first-order valence-corrected chi connectivity index (χ1v) is 7.55. The van der Waals surface area contributed by atoms with Crippen LogP contribution in [-0.4, -0.2) is 23.3 Å². The summed E-state index contributed by atoms with van der Waals surface area (Å²) in [5.41, 5.74) is -0.422. The van der Waals surface area contributed by atoms with Crippen molar-refractivity contribution in [2.75, 3.05) is 6.54 Å². The van der Waals surface area contributed by atoms with E-state index >= 15 is 0 Å². The van der Waals surface area contributed by atoms with E-state index in [1.807, 2.05) is 0 Å². The maximum Gasteiger partial charge on any atom is 0.0774 e. The van der Waals surface area contributed by atoms with E-state index in [9.17, 15) is 5.11 Å². The van der Waals surface area contributed by atoms with Crippen molar-refractivity contribution in [2.24, 2.45) is 11.8 Å². The lowest BCUT2D eigenvalue weighted by atomic mass is 9.78. The summed E-state index contributed by atoms with van der Waals surface area (Å²) >= 11 is 0. The molecule has 0 spiro atoms. The number of hydrogen-bond acceptors (Lipinski definition) is 2. The Kier molecular flexibility index (Phi) is 4.48. The molecule has 0 bridgehead atoms. The fraction of sp³-hybridized carbons (Fsp3) is 1.00. The molecule has 0 amide bonds. The smallest absolute Gasteiger partial charge is 0.0774 e. The van der Waals surface area contributed by atoms with Gasteiger partial charge in [-0.3, -0.25) is 0 Å². The van der Waals surface area contributed by atoms with Crippen molar-refractivity contribution in [2.45, 2.75) is 76.9 Å². The van der Waals surface area contributed by atoms with Crippen LogP contribution in [0.2, 0.25) is 0 Å². The van der Waals surface area contributed by atoms with Gasteiger partial charge in [0.15, 0.2) is 0 Å². The first-order chi connectivity index (χ1) is 8.09. The van der Waals surface area contributed by atoms with E-state index in [1.54, 1.807) is 0 Å². The Hall–Kier alpha value is -0.0800. The monoisotopic (exact) mass is 239 g/mol. The van der Waals surface area contributed by atoms with Crippen LogP contribution in [0.3, 0.4) is 0 Å². The van der Waals surface area contributed by atoms with Crippen molar-refractivity contribution < 1.29 is 5.11 Å². The quantitative estimate of drug-likeness (QED) is 0.793. The lowest BCUT2D eigenvalue weighted by Gasteiger charge is -2.38. The van der Waals surface area contributed by atoms with Crippen LogP contribution in [0.4, 0.5) is 0 Å². The Morgan fingerprint density at radius 1 is 1.12 bits per heavy atom. The molecule has 17 heavy (non-hydrogen) atoms. The molecule has 0 radical (unpaired) electrons. The van der Waals surface area contributed by atoms with Gasteiger partial charge in [0.25, 0.3) is 0 Å². The maximum atomic E-state index is 10.6. The third-order valence-electron chi connectivity index (χ3n) is 4.87. The van der Waals surface area contributed by atoms with Crippen LogP contribution in [0.15, 0.2) is 0 Å². The highest BCUT2D eigenvalue weighted by Crippen LogP contribution is 2.32. The van der Waals surface area contributed by atoms with Crippen LogP contribution in [0.1, 0.15) is 65.2 Å². The summed E-state index contributed by atoms with van der Waals surface area (Å²) < 4.78 is 0. The van der Waals surface area contributed by atoms with Crippen molar-refractivity contribution in [3.05, 3.63) is 0 Å². The van der Waals surface area contributed by atoms with Gasteiger partial charge in [-0.2, -0.15) is 0 Å². The van der Waals surface area contributed by atoms with Gasteiger partial charge in [0.2, 0.25) is 0 Å². The normalized spacial score (nSPS) is 43.6. The molecule has 4 atom stereocenters. The Labute approximate surface area is 106 Å². The Balaban J connectivity index is 1.79. The standard InChI is InChI=1S/C15H29NO/c1-12-6-5-9-15(17,10-12)11-16-14-8-4-3-7-13(14)2/h12-14,16-17H,3-11H2,1-2H3. The minimum atomic E-state index is -0.422. The zero-order chi connectivity index (χ0) is 12.3. The van der Waals surface area contributed by atoms with Gasteiger partial charge in [0, 0.05) is 12.6 Å². The summed E-state index contributed by atoms with van der Waals surface area (Å²) in [5.74, 6) is 1.48. The molecule has 2 fully saturated rings. The number of rotatable bonds is 3. The van der Waals surface area contributed by atoms with Crippen LogP contribution in [-0.2, 0) is 0 Å². The van der Waals surface area contributed by atoms with E-state index in [1.165, 1.54) is 38.5 Å². The fourth-order valence-electron chi connectivity index (χ4n) is 3.73. The highest BCUT2D eigenvalue weighted by Gasteiger charge is 2.33. The largest absolute Gasteiger partial charge is 0.389 e. The number of hydrogen-bond donors (Lipinski definition) is 2. The van der Waals surface area contributed by atoms with Crippen LogP contribution in [0, 0.1) is 11.8 Å². The molecule has 0 heterocycles. The van der Waals surface area contributed by atoms with Crippen molar-refractivity contribution in [1.82, 2.24) is 5.32 Å². The molecular weight excluding hydrogens is 210 g/mol. The minimum Gasteiger partial charge on any atom is -0.389 e. The van der Waals surface area contributed by atoms with E-state index in [4.69, 9.17) is 0 Å². The van der Waals surface area contributed by atoms with Gasteiger partial charge in [0.1, 0.15) is 0 Å². The molecule has 2 nitrogen and oxygen atoms in total. The van der Waals surface area contributed by atoms with E-state index in [0.717, 1.165) is 25.3 Å². The molecule has 2 aliphatic carbocycles. The van der Waals surface area contributed by atoms with E-state index < -0.39 is 5.60 Å². The van der Waals surface area contributed by atoms with Gasteiger partial charge < -0.3 is 10.4 Å². The van der Waals surface area contributed by atoms with Crippen molar-refractivity contribution in [3.8, 4) is 0 Å². The molecule has 0 aliphatic heterocycles. The zero-order valence-corrected chi connectivity index (χ0v) is 11.5. The molecule has 0 saturated heterocycles. The summed E-state index contributed by atoms with van der Waals surface area (Å²) in [7, 11) is 0.